The van der Waals surface area contributed by atoms with Crippen LogP contribution in [0.5, 0.6) is 0 Å². The summed E-state index contributed by atoms with van der Waals surface area (Å²) in [6.07, 6.45) is 2.00. The first-order valence-electron chi connectivity index (χ1n) is 5.30. The molecule has 2 N–H and O–H groups in total. The quantitative estimate of drug-likeness (QED) is 0.793. The van der Waals surface area contributed by atoms with Gasteiger partial charge in [0.15, 0.2) is 11.1 Å². The summed E-state index contributed by atoms with van der Waals surface area (Å²) in [5.74, 6) is 0.233. The fourth-order valence-corrected chi connectivity index (χ4v) is 2.30. The predicted octanol–water partition coefficient (Wildman–Crippen LogP) is 3.14. The van der Waals surface area contributed by atoms with E-state index in [1.54, 1.807) is 24.3 Å². The van der Waals surface area contributed by atoms with E-state index in [2.05, 4.69) is 0 Å². The molecular formula is C13H14O3S. The van der Waals surface area contributed by atoms with Gasteiger partial charge in [-0.05, 0) is 42.7 Å². The lowest BCUT2D eigenvalue weighted by Crippen LogP contribution is -1.97. The van der Waals surface area contributed by atoms with Gasteiger partial charge in [-0.15, -0.1) is 0 Å². The Labute approximate surface area is 103 Å². The maximum Gasteiger partial charge on any atom is 0.186 e. The molecule has 1 aromatic carbocycles. The van der Waals surface area contributed by atoms with E-state index in [1.165, 1.54) is 0 Å². The molecule has 2 unspecified atom stereocenters. The molecule has 0 aromatic heterocycles. The van der Waals surface area contributed by atoms with Crippen LogP contribution < -0.4 is 0 Å². The smallest absolute Gasteiger partial charge is 0.186 e. The number of aliphatic hydroxyl groups is 1. The number of aliphatic hydroxyl groups excluding tert-OH is 1. The molecule has 0 radical (unpaired) electrons. The summed E-state index contributed by atoms with van der Waals surface area (Å²) in [4.78, 5) is 0.368. The van der Waals surface area contributed by atoms with E-state index in [-0.39, 0.29) is 5.92 Å². The standard InChI is InChI=1S/C13H14O3S/c1-8-7-12(13(14)9(8)2)10-3-5-11(6-4-10)17(15)16/h3-7,12,14H,1-2H3,(H,15,16). The van der Waals surface area contributed by atoms with Crippen LogP contribution in [0.25, 0.3) is 0 Å². The molecule has 0 amide bonds. The number of rotatable bonds is 2. The molecule has 0 fully saturated rings. The summed E-state index contributed by atoms with van der Waals surface area (Å²) in [5.41, 5.74) is 2.90. The van der Waals surface area contributed by atoms with Crippen LogP contribution >= 0.6 is 0 Å². The number of hydrogen-bond acceptors (Lipinski definition) is 2. The van der Waals surface area contributed by atoms with E-state index in [9.17, 15) is 9.32 Å². The molecule has 17 heavy (non-hydrogen) atoms. The molecule has 4 heteroatoms. The van der Waals surface area contributed by atoms with Crippen LogP contribution in [0.4, 0.5) is 0 Å². The molecule has 1 aliphatic carbocycles. The Balaban J connectivity index is 2.34. The average molecular weight is 250 g/mol. The van der Waals surface area contributed by atoms with Crippen molar-refractivity contribution >= 4 is 11.1 Å². The molecule has 90 valence electrons. The van der Waals surface area contributed by atoms with Crippen LogP contribution in [-0.2, 0) is 11.1 Å². The van der Waals surface area contributed by atoms with Crippen LogP contribution in [0.1, 0.15) is 25.3 Å². The minimum atomic E-state index is -1.95. The lowest BCUT2D eigenvalue weighted by atomic mass is 9.99. The molecular weight excluding hydrogens is 236 g/mol. The van der Waals surface area contributed by atoms with E-state index < -0.39 is 11.1 Å². The summed E-state index contributed by atoms with van der Waals surface area (Å²) < 4.78 is 19.8. The van der Waals surface area contributed by atoms with Crippen molar-refractivity contribution in [2.24, 2.45) is 0 Å². The molecule has 0 aliphatic heterocycles. The van der Waals surface area contributed by atoms with Crippen molar-refractivity contribution in [1.82, 2.24) is 0 Å². The Morgan fingerprint density at radius 2 is 1.76 bits per heavy atom. The third-order valence-electron chi connectivity index (χ3n) is 3.13. The van der Waals surface area contributed by atoms with Gasteiger partial charge in [-0.1, -0.05) is 18.2 Å². The van der Waals surface area contributed by atoms with Crippen LogP contribution in [0.2, 0.25) is 0 Å². The zero-order valence-corrected chi connectivity index (χ0v) is 10.5. The zero-order chi connectivity index (χ0) is 12.6. The van der Waals surface area contributed by atoms with Gasteiger partial charge in [0.2, 0.25) is 0 Å². The summed E-state index contributed by atoms with van der Waals surface area (Å²) in [6, 6.07) is 6.75. The third-order valence-corrected chi connectivity index (χ3v) is 3.80. The van der Waals surface area contributed by atoms with E-state index in [0.29, 0.717) is 10.7 Å². The molecule has 1 aromatic rings. The van der Waals surface area contributed by atoms with Crippen molar-refractivity contribution in [2.75, 3.05) is 0 Å². The van der Waals surface area contributed by atoms with Crippen molar-refractivity contribution in [3.8, 4) is 0 Å². The molecule has 3 nitrogen and oxygen atoms in total. The SMILES string of the molecule is CC1=CC(c2ccc(S(=O)O)cc2)C(O)=C1C. The number of hydrogen-bond donors (Lipinski definition) is 2. The van der Waals surface area contributed by atoms with Crippen LogP contribution in [0.15, 0.2) is 52.1 Å². The first-order valence-corrected chi connectivity index (χ1v) is 6.40. The number of benzene rings is 1. The fourth-order valence-electron chi connectivity index (χ4n) is 1.93. The lowest BCUT2D eigenvalue weighted by Gasteiger charge is -2.10. The maximum absolute atomic E-state index is 10.8. The third kappa shape index (κ3) is 2.18. The first-order chi connectivity index (χ1) is 8.00. The van der Waals surface area contributed by atoms with Gasteiger partial charge in [-0.2, -0.15) is 0 Å². The monoisotopic (exact) mass is 250 g/mol. The molecule has 1 aliphatic rings. The Morgan fingerprint density at radius 1 is 1.18 bits per heavy atom. The largest absolute Gasteiger partial charge is 0.511 e. The molecule has 0 heterocycles. The van der Waals surface area contributed by atoms with Crippen molar-refractivity contribution in [2.45, 2.75) is 24.7 Å². The van der Waals surface area contributed by atoms with Gasteiger partial charge in [-0.25, -0.2) is 4.21 Å². The second-order valence-electron chi connectivity index (χ2n) is 4.16. The minimum Gasteiger partial charge on any atom is -0.511 e. The molecule has 2 rings (SSSR count). The highest BCUT2D eigenvalue weighted by Gasteiger charge is 2.22. The maximum atomic E-state index is 10.8. The average Bonchev–Trinajstić information content (AvgIpc) is 2.57. The van der Waals surface area contributed by atoms with E-state index in [4.69, 9.17) is 4.55 Å². The summed E-state index contributed by atoms with van der Waals surface area (Å²) in [5, 5.41) is 9.98. The lowest BCUT2D eigenvalue weighted by molar-refractivity contribution is 0.383. The van der Waals surface area contributed by atoms with Crippen LogP contribution in [0.3, 0.4) is 0 Å². The Bertz CT molecular complexity index is 526. The topological polar surface area (TPSA) is 57.5 Å². The second-order valence-corrected chi connectivity index (χ2v) is 5.13. The van der Waals surface area contributed by atoms with Crippen molar-refractivity contribution < 1.29 is 13.9 Å². The van der Waals surface area contributed by atoms with Gasteiger partial charge in [0, 0.05) is 0 Å². The van der Waals surface area contributed by atoms with Gasteiger partial charge >= 0.3 is 0 Å². The van der Waals surface area contributed by atoms with Gasteiger partial charge < -0.3 is 9.66 Å². The van der Waals surface area contributed by atoms with Crippen LogP contribution in [0, 0.1) is 0 Å². The fraction of sp³-hybridized carbons (Fsp3) is 0.231. The summed E-state index contributed by atoms with van der Waals surface area (Å²) in [6.45, 7) is 3.85. The summed E-state index contributed by atoms with van der Waals surface area (Å²) >= 11 is -1.95. The molecule has 0 spiro atoms. The highest BCUT2D eigenvalue weighted by Crippen LogP contribution is 2.36. The second kappa shape index (κ2) is 4.47. The summed E-state index contributed by atoms with van der Waals surface area (Å²) in [7, 11) is 0. The van der Waals surface area contributed by atoms with Gasteiger partial charge in [0.1, 0.15) is 5.76 Å². The zero-order valence-electron chi connectivity index (χ0n) is 9.68. The van der Waals surface area contributed by atoms with Crippen LogP contribution in [-0.4, -0.2) is 13.9 Å². The number of allylic oxidation sites excluding steroid dienone is 3. The van der Waals surface area contributed by atoms with Gasteiger partial charge in [0.05, 0.1) is 10.8 Å². The first kappa shape index (κ1) is 12.1. The van der Waals surface area contributed by atoms with Crippen molar-refractivity contribution in [1.29, 1.82) is 0 Å². The highest BCUT2D eigenvalue weighted by atomic mass is 32.2. The predicted molar refractivity (Wildman–Crippen MR) is 67.3 cm³/mol. The highest BCUT2D eigenvalue weighted by molar-refractivity contribution is 7.79. The van der Waals surface area contributed by atoms with E-state index in [1.807, 2.05) is 19.9 Å². The normalized spacial score (nSPS) is 21.6. The molecule has 2 atom stereocenters. The van der Waals surface area contributed by atoms with E-state index >= 15 is 0 Å². The molecule has 0 saturated carbocycles. The Hall–Kier alpha value is -1.39. The molecule has 0 saturated heterocycles. The Morgan fingerprint density at radius 3 is 2.18 bits per heavy atom. The van der Waals surface area contributed by atoms with Crippen molar-refractivity contribution in [3.05, 3.63) is 52.8 Å². The minimum absolute atomic E-state index is 0.129. The molecule has 0 bridgehead atoms. The van der Waals surface area contributed by atoms with Gasteiger partial charge in [0.25, 0.3) is 0 Å². The Kier molecular flexibility index (Phi) is 3.17. The van der Waals surface area contributed by atoms with Gasteiger partial charge in [-0.3, -0.25) is 0 Å². The van der Waals surface area contributed by atoms with E-state index in [0.717, 1.165) is 16.7 Å². The van der Waals surface area contributed by atoms with Crippen molar-refractivity contribution in [3.63, 3.8) is 0 Å².